The first-order valence-corrected chi connectivity index (χ1v) is 9.16. The molecule has 1 unspecified atom stereocenters. The molecule has 2 aliphatic heterocycles. The number of anilines is 1. The summed E-state index contributed by atoms with van der Waals surface area (Å²) >= 11 is 0. The van der Waals surface area contributed by atoms with Crippen LogP contribution in [-0.4, -0.2) is 36.0 Å². The van der Waals surface area contributed by atoms with Gasteiger partial charge in [0.05, 0.1) is 18.3 Å². The Bertz CT molecular complexity index is 883. The molecule has 0 saturated carbocycles. The van der Waals surface area contributed by atoms with Crippen LogP contribution in [0.2, 0.25) is 0 Å². The number of fused-ring (bicyclic) bond motifs is 2. The number of rotatable bonds is 3. The monoisotopic (exact) mass is 365 g/mol. The number of nitrogens with one attached hydrogen (secondary N) is 1. The predicted octanol–water partition coefficient (Wildman–Crippen LogP) is 2.55. The van der Waals surface area contributed by atoms with Crippen LogP contribution in [0.15, 0.2) is 48.5 Å². The van der Waals surface area contributed by atoms with Crippen LogP contribution in [0.25, 0.3) is 0 Å². The van der Waals surface area contributed by atoms with E-state index in [-0.39, 0.29) is 5.91 Å². The summed E-state index contributed by atoms with van der Waals surface area (Å²) in [6, 6.07) is 15.0. The van der Waals surface area contributed by atoms with E-state index < -0.39 is 17.7 Å². The maximum atomic E-state index is 12.9. The second-order valence-electron chi connectivity index (χ2n) is 7.36. The van der Waals surface area contributed by atoms with Crippen molar-refractivity contribution in [3.05, 3.63) is 65.2 Å². The van der Waals surface area contributed by atoms with E-state index in [0.29, 0.717) is 25.9 Å². The third-order valence-corrected chi connectivity index (χ3v) is 5.35. The van der Waals surface area contributed by atoms with Crippen LogP contribution in [0.3, 0.4) is 0 Å². The number of nitrogens with two attached hydrogens (primary N) is 1. The Hall–Kier alpha value is -2.86. The molecule has 0 aromatic heterocycles. The van der Waals surface area contributed by atoms with Crippen molar-refractivity contribution in [1.82, 2.24) is 4.90 Å². The Morgan fingerprint density at radius 2 is 2.07 bits per heavy atom. The highest BCUT2D eigenvalue weighted by molar-refractivity contribution is 5.89. The topological polar surface area (TPSA) is 84.7 Å². The van der Waals surface area contributed by atoms with E-state index >= 15 is 0 Å². The molecule has 1 saturated heterocycles. The molecule has 27 heavy (non-hydrogen) atoms. The Labute approximate surface area is 158 Å². The van der Waals surface area contributed by atoms with Crippen LogP contribution < -0.4 is 11.1 Å². The lowest BCUT2D eigenvalue weighted by Crippen LogP contribution is -2.47. The summed E-state index contributed by atoms with van der Waals surface area (Å²) in [7, 11) is 0. The fourth-order valence-corrected chi connectivity index (χ4v) is 3.98. The first kappa shape index (κ1) is 17.5. The standard InChI is InChI=1S/C21H23N3O3/c1-14-7-8-18-16(11-14)21(27-20(26)23-18)9-10-24(13-21)19(25)17(22)12-15-5-3-2-4-6-15/h2-8,11,17H,9-10,12-13,22H2,1H3,(H,23,26)/t17-,21?/m0/s1. The van der Waals surface area contributed by atoms with Gasteiger partial charge < -0.3 is 15.4 Å². The van der Waals surface area contributed by atoms with E-state index in [1.165, 1.54) is 0 Å². The van der Waals surface area contributed by atoms with Crippen LogP contribution in [-0.2, 0) is 21.6 Å². The highest BCUT2D eigenvalue weighted by Crippen LogP contribution is 2.43. The van der Waals surface area contributed by atoms with Gasteiger partial charge in [0.15, 0.2) is 5.60 Å². The number of carbonyl (C=O) groups excluding carboxylic acids is 2. The van der Waals surface area contributed by atoms with Gasteiger partial charge in [0, 0.05) is 18.5 Å². The van der Waals surface area contributed by atoms with Crippen LogP contribution in [0, 0.1) is 6.92 Å². The lowest BCUT2D eigenvalue weighted by molar-refractivity contribution is -0.132. The van der Waals surface area contributed by atoms with Crippen molar-refractivity contribution >= 4 is 17.7 Å². The van der Waals surface area contributed by atoms with Gasteiger partial charge in [0.1, 0.15) is 0 Å². The summed E-state index contributed by atoms with van der Waals surface area (Å²) in [6.45, 7) is 2.85. The maximum absolute atomic E-state index is 12.9. The number of benzene rings is 2. The minimum Gasteiger partial charge on any atom is -0.436 e. The molecule has 2 amide bonds. The van der Waals surface area contributed by atoms with Crippen molar-refractivity contribution in [2.24, 2.45) is 5.73 Å². The Morgan fingerprint density at radius 3 is 2.85 bits per heavy atom. The van der Waals surface area contributed by atoms with E-state index in [1.807, 2.05) is 55.5 Å². The highest BCUT2D eigenvalue weighted by Gasteiger charge is 2.49. The van der Waals surface area contributed by atoms with E-state index in [2.05, 4.69) is 5.32 Å². The molecular weight excluding hydrogens is 342 g/mol. The molecule has 3 N–H and O–H groups in total. The zero-order valence-electron chi connectivity index (χ0n) is 15.3. The van der Waals surface area contributed by atoms with Gasteiger partial charge in [0.2, 0.25) is 5.91 Å². The molecule has 140 valence electrons. The molecule has 0 aliphatic carbocycles. The molecular formula is C21H23N3O3. The molecule has 1 spiro atoms. The first-order valence-electron chi connectivity index (χ1n) is 9.16. The van der Waals surface area contributed by atoms with E-state index in [9.17, 15) is 9.59 Å². The summed E-state index contributed by atoms with van der Waals surface area (Å²) in [5.74, 6) is -0.112. The SMILES string of the molecule is Cc1ccc2c(c1)C1(CCN(C(=O)[C@@H](N)Cc3ccccc3)C1)OC(=O)N2. The molecule has 4 rings (SSSR count). The number of nitrogens with zero attached hydrogens (tertiary/aromatic N) is 1. The molecule has 2 heterocycles. The van der Waals surface area contributed by atoms with Gasteiger partial charge in [-0.2, -0.15) is 0 Å². The normalized spacial score (nSPS) is 22.1. The third kappa shape index (κ3) is 3.28. The van der Waals surface area contributed by atoms with Crippen molar-refractivity contribution in [2.45, 2.75) is 31.4 Å². The number of amides is 2. The lowest BCUT2D eigenvalue weighted by Gasteiger charge is -2.35. The Kier molecular flexibility index (Phi) is 4.36. The number of aryl methyl sites for hydroxylation is 1. The molecule has 2 atom stereocenters. The van der Waals surface area contributed by atoms with E-state index in [1.54, 1.807) is 4.90 Å². The first-order chi connectivity index (χ1) is 13.0. The van der Waals surface area contributed by atoms with Crippen molar-refractivity contribution in [2.75, 3.05) is 18.4 Å². The molecule has 0 bridgehead atoms. The summed E-state index contributed by atoms with van der Waals surface area (Å²) in [4.78, 5) is 26.7. The van der Waals surface area contributed by atoms with Crippen molar-refractivity contribution in [3.63, 3.8) is 0 Å². The van der Waals surface area contributed by atoms with E-state index in [0.717, 1.165) is 22.4 Å². The molecule has 6 nitrogen and oxygen atoms in total. The number of ether oxygens (including phenoxy) is 1. The molecule has 2 aliphatic rings. The predicted molar refractivity (Wildman–Crippen MR) is 102 cm³/mol. The second kappa shape index (κ2) is 6.70. The molecule has 2 aromatic rings. The van der Waals surface area contributed by atoms with Crippen LogP contribution in [0.5, 0.6) is 0 Å². The number of carbonyl (C=O) groups is 2. The van der Waals surface area contributed by atoms with Gasteiger partial charge in [-0.3, -0.25) is 10.1 Å². The van der Waals surface area contributed by atoms with Crippen LogP contribution >= 0.6 is 0 Å². The zero-order valence-corrected chi connectivity index (χ0v) is 15.3. The second-order valence-corrected chi connectivity index (χ2v) is 7.36. The van der Waals surface area contributed by atoms with Crippen LogP contribution in [0.1, 0.15) is 23.1 Å². The Balaban J connectivity index is 1.54. The quantitative estimate of drug-likeness (QED) is 0.875. The van der Waals surface area contributed by atoms with Gasteiger partial charge in [0.25, 0.3) is 0 Å². The van der Waals surface area contributed by atoms with E-state index in [4.69, 9.17) is 10.5 Å². The minimum absolute atomic E-state index is 0.112. The number of likely N-dealkylation sites (tertiary alicyclic amines) is 1. The summed E-state index contributed by atoms with van der Waals surface area (Å²) < 4.78 is 5.71. The highest BCUT2D eigenvalue weighted by atomic mass is 16.6. The van der Waals surface area contributed by atoms with Gasteiger partial charge >= 0.3 is 6.09 Å². The fourth-order valence-electron chi connectivity index (χ4n) is 3.98. The third-order valence-electron chi connectivity index (χ3n) is 5.35. The smallest absolute Gasteiger partial charge is 0.412 e. The van der Waals surface area contributed by atoms with Gasteiger partial charge in [-0.25, -0.2) is 4.79 Å². The molecule has 2 aromatic carbocycles. The van der Waals surface area contributed by atoms with Crippen molar-refractivity contribution < 1.29 is 14.3 Å². The molecule has 0 radical (unpaired) electrons. The van der Waals surface area contributed by atoms with Gasteiger partial charge in [-0.1, -0.05) is 42.0 Å². The summed E-state index contributed by atoms with van der Waals surface area (Å²) in [5, 5.41) is 2.75. The van der Waals surface area contributed by atoms with Crippen molar-refractivity contribution in [3.8, 4) is 0 Å². The molecule has 1 fully saturated rings. The summed E-state index contributed by atoms with van der Waals surface area (Å²) in [5.41, 5.74) is 9.17. The maximum Gasteiger partial charge on any atom is 0.412 e. The van der Waals surface area contributed by atoms with Gasteiger partial charge in [-0.15, -0.1) is 0 Å². The lowest BCUT2D eigenvalue weighted by atomic mass is 9.89. The average Bonchev–Trinajstić information content (AvgIpc) is 3.07. The molecule has 6 heteroatoms. The van der Waals surface area contributed by atoms with Crippen molar-refractivity contribution in [1.29, 1.82) is 0 Å². The minimum atomic E-state index is -0.800. The van der Waals surface area contributed by atoms with Crippen LogP contribution in [0.4, 0.5) is 10.5 Å². The number of hydrogen-bond acceptors (Lipinski definition) is 4. The fraction of sp³-hybridized carbons (Fsp3) is 0.333. The average molecular weight is 365 g/mol. The summed E-state index contributed by atoms with van der Waals surface area (Å²) in [6.07, 6.45) is 0.579. The van der Waals surface area contributed by atoms with Gasteiger partial charge in [-0.05, 0) is 31.0 Å². The Morgan fingerprint density at radius 1 is 1.30 bits per heavy atom. The zero-order chi connectivity index (χ0) is 19.0. The largest absolute Gasteiger partial charge is 0.436 e. The number of hydrogen-bond donors (Lipinski definition) is 2.